The van der Waals surface area contributed by atoms with Crippen LogP contribution in [0.15, 0.2) is 5.38 Å². The summed E-state index contributed by atoms with van der Waals surface area (Å²) in [6.07, 6.45) is 1.17. The van der Waals surface area contributed by atoms with E-state index in [0.29, 0.717) is 11.6 Å². The summed E-state index contributed by atoms with van der Waals surface area (Å²) in [6, 6.07) is 0. The average molecular weight is 282 g/mol. The van der Waals surface area contributed by atoms with Gasteiger partial charge in [-0.1, -0.05) is 0 Å². The van der Waals surface area contributed by atoms with Crippen molar-refractivity contribution in [1.82, 2.24) is 20.1 Å². The molecule has 1 unspecified atom stereocenters. The van der Waals surface area contributed by atoms with E-state index in [1.54, 1.807) is 11.3 Å². The number of carbonyl (C=O) groups is 1. The zero-order chi connectivity index (χ0) is 13.8. The number of amides is 1. The van der Waals surface area contributed by atoms with Crippen LogP contribution in [-0.2, 0) is 6.54 Å². The van der Waals surface area contributed by atoms with Gasteiger partial charge in [0.2, 0.25) is 0 Å². The van der Waals surface area contributed by atoms with Gasteiger partial charge in [-0.15, -0.1) is 11.3 Å². The Morgan fingerprint density at radius 1 is 1.63 bits per heavy atom. The minimum atomic E-state index is -0.0455. The molecule has 0 aliphatic carbocycles. The van der Waals surface area contributed by atoms with Crippen molar-refractivity contribution in [3.8, 4) is 0 Å². The molecule has 0 spiro atoms. The number of nitrogens with zero attached hydrogens (tertiary/aromatic N) is 3. The molecule has 0 saturated carbocycles. The first-order chi connectivity index (χ1) is 9.04. The van der Waals surface area contributed by atoms with Gasteiger partial charge in [0.05, 0.1) is 0 Å². The first-order valence-electron chi connectivity index (χ1n) is 6.60. The lowest BCUT2D eigenvalue weighted by Crippen LogP contribution is -2.30. The number of carbonyl (C=O) groups excluding carboxylic acids is 1. The van der Waals surface area contributed by atoms with E-state index in [4.69, 9.17) is 0 Å². The minimum Gasteiger partial charge on any atom is -0.350 e. The summed E-state index contributed by atoms with van der Waals surface area (Å²) in [4.78, 5) is 20.7. The van der Waals surface area contributed by atoms with Crippen molar-refractivity contribution in [2.24, 2.45) is 5.92 Å². The molecular weight excluding hydrogens is 260 g/mol. The number of aromatic nitrogens is 1. The third-order valence-corrected chi connectivity index (χ3v) is 4.11. The highest BCUT2D eigenvalue weighted by Crippen LogP contribution is 2.14. The van der Waals surface area contributed by atoms with Gasteiger partial charge in [0, 0.05) is 25.0 Å². The highest BCUT2D eigenvalue weighted by atomic mass is 32.1. The molecule has 1 aromatic rings. The van der Waals surface area contributed by atoms with E-state index in [1.165, 1.54) is 6.42 Å². The van der Waals surface area contributed by atoms with Crippen LogP contribution in [0.2, 0.25) is 0 Å². The summed E-state index contributed by atoms with van der Waals surface area (Å²) in [5, 5.41) is 5.82. The van der Waals surface area contributed by atoms with E-state index in [2.05, 4.69) is 27.1 Å². The standard InChI is InChI=1S/C13H22N4OS/c1-16(2)8-12-15-11(9-19-12)13(18)14-6-10-4-5-17(3)7-10/h9-10H,4-8H2,1-3H3,(H,14,18). The minimum absolute atomic E-state index is 0.0455. The fourth-order valence-corrected chi connectivity index (χ4v) is 3.17. The van der Waals surface area contributed by atoms with Crippen molar-refractivity contribution in [1.29, 1.82) is 0 Å². The molecular formula is C13H22N4OS. The zero-order valence-corrected chi connectivity index (χ0v) is 12.7. The topological polar surface area (TPSA) is 48.5 Å². The smallest absolute Gasteiger partial charge is 0.270 e. The predicted octanol–water partition coefficient (Wildman–Crippen LogP) is 0.886. The van der Waals surface area contributed by atoms with Crippen LogP contribution in [0.25, 0.3) is 0 Å². The molecule has 1 aliphatic heterocycles. The van der Waals surface area contributed by atoms with Gasteiger partial charge in [0.1, 0.15) is 10.7 Å². The summed E-state index contributed by atoms with van der Waals surface area (Å²) >= 11 is 1.54. The van der Waals surface area contributed by atoms with Crippen molar-refractivity contribution in [2.45, 2.75) is 13.0 Å². The van der Waals surface area contributed by atoms with Crippen molar-refractivity contribution in [3.63, 3.8) is 0 Å². The molecule has 6 heteroatoms. The maximum Gasteiger partial charge on any atom is 0.270 e. The second-order valence-electron chi connectivity index (χ2n) is 5.49. The van der Waals surface area contributed by atoms with E-state index in [1.807, 2.05) is 19.5 Å². The Morgan fingerprint density at radius 3 is 3.05 bits per heavy atom. The Kier molecular flexibility index (Phi) is 4.90. The van der Waals surface area contributed by atoms with Crippen LogP contribution < -0.4 is 5.32 Å². The Bertz CT molecular complexity index is 432. The molecule has 19 heavy (non-hydrogen) atoms. The van der Waals surface area contributed by atoms with Crippen molar-refractivity contribution in [2.75, 3.05) is 40.8 Å². The number of rotatable bonds is 5. The summed E-state index contributed by atoms with van der Waals surface area (Å²) in [5.41, 5.74) is 0.549. The third-order valence-electron chi connectivity index (χ3n) is 3.28. The van der Waals surface area contributed by atoms with Crippen molar-refractivity contribution in [3.05, 3.63) is 16.1 Å². The highest BCUT2D eigenvalue weighted by Gasteiger charge is 2.20. The van der Waals surface area contributed by atoms with E-state index >= 15 is 0 Å². The molecule has 1 aromatic heterocycles. The van der Waals surface area contributed by atoms with E-state index in [0.717, 1.165) is 31.2 Å². The van der Waals surface area contributed by atoms with Crippen LogP contribution >= 0.6 is 11.3 Å². The maximum absolute atomic E-state index is 12.0. The van der Waals surface area contributed by atoms with Gasteiger partial charge in [-0.2, -0.15) is 0 Å². The van der Waals surface area contributed by atoms with Crippen LogP contribution in [0.4, 0.5) is 0 Å². The molecule has 1 saturated heterocycles. The van der Waals surface area contributed by atoms with E-state index in [9.17, 15) is 4.79 Å². The Labute approximate surface area is 118 Å². The van der Waals surface area contributed by atoms with Gasteiger partial charge in [0.15, 0.2) is 0 Å². The van der Waals surface area contributed by atoms with Crippen molar-refractivity contribution >= 4 is 17.2 Å². The van der Waals surface area contributed by atoms with E-state index in [-0.39, 0.29) is 5.91 Å². The fraction of sp³-hybridized carbons (Fsp3) is 0.692. The summed E-state index contributed by atoms with van der Waals surface area (Å²) in [5.74, 6) is 0.532. The molecule has 2 rings (SSSR count). The molecule has 0 aromatic carbocycles. The second-order valence-corrected chi connectivity index (χ2v) is 6.43. The normalized spacial score (nSPS) is 20.1. The van der Waals surface area contributed by atoms with Crippen LogP contribution in [0, 0.1) is 5.92 Å². The highest BCUT2D eigenvalue weighted by molar-refractivity contribution is 7.09. The molecule has 1 amide bonds. The van der Waals surface area contributed by atoms with Gasteiger partial charge >= 0.3 is 0 Å². The monoisotopic (exact) mass is 282 g/mol. The lowest BCUT2D eigenvalue weighted by atomic mass is 10.1. The summed E-state index contributed by atoms with van der Waals surface area (Å²) in [6.45, 7) is 3.74. The van der Waals surface area contributed by atoms with Gasteiger partial charge in [-0.25, -0.2) is 4.98 Å². The van der Waals surface area contributed by atoms with Gasteiger partial charge in [-0.05, 0) is 40.0 Å². The Hall–Kier alpha value is -0.980. The average Bonchev–Trinajstić information content (AvgIpc) is 2.95. The number of likely N-dealkylation sites (tertiary alicyclic amines) is 1. The number of hydrogen-bond acceptors (Lipinski definition) is 5. The first kappa shape index (κ1) is 14.4. The Morgan fingerprint density at radius 2 is 2.42 bits per heavy atom. The first-order valence-corrected chi connectivity index (χ1v) is 7.48. The number of thiazole rings is 1. The summed E-state index contributed by atoms with van der Waals surface area (Å²) in [7, 11) is 6.12. The van der Waals surface area contributed by atoms with Crippen LogP contribution in [0.1, 0.15) is 21.9 Å². The van der Waals surface area contributed by atoms with Gasteiger partial charge in [-0.3, -0.25) is 4.79 Å². The lowest BCUT2D eigenvalue weighted by Gasteiger charge is -2.10. The van der Waals surface area contributed by atoms with E-state index < -0.39 is 0 Å². The van der Waals surface area contributed by atoms with Crippen molar-refractivity contribution < 1.29 is 4.79 Å². The third kappa shape index (κ3) is 4.26. The maximum atomic E-state index is 12.0. The second kappa shape index (κ2) is 6.45. The molecule has 1 N–H and O–H groups in total. The molecule has 106 valence electrons. The predicted molar refractivity (Wildman–Crippen MR) is 77.4 cm³/mol. The fourth-order valence-electron chi connectivity index (χ4n) is 2.28. The van der Waals surface area contributed by atoms with Crippen LogP contribution in [-0.4, -0.2) is 61.5 Å². The Balaban J connectivity index is 1.81. The molecule has 1 atom stereocenters. The zero-order valence-electron chi connectivity index (χ0n) is 11.8. The number of hydrogen-bond donors (Lipinski definition) is 1. The van der Waals surface area contributed by atoms with Crippen LogP contribution in [0.3, 0.4) is 0 Å². The SMILES string of the molecule is CN(C)Cc1nc(C(=O)NCC2CCN(C)C2)cs1. The molecule has 1 aliphatic rings. The molecule has 0 radical (unpaired) electrons. The quantitative estimate of drug-likeness (QED) is 0.871. The van der Waals surface area contributed by atoms with Gasteiger partial charge < -0.3 is 15.1 Å². The van der Waals surface area contributed by atoms with Gasteiger partial charge in [0.25, 0.3) is 5.91 Å². The van der Waals surface area contributed by atoms with Crippen LogP contribution in [0.5, 0.6) is 0 Å². The molecule has 0 bridgehead atoms. The molecule has 5 nitrogen and oxygen atoms in total. The molecule has 1 fully saturated rings. The molecule has 2 heterocycles. The number of nitrogens with one attached hydrogen (secondary N) is 1. The summed E-state index contributed by atoms with van der Waals surface area (Å²) < 4.78 is 0. The largest absolute Gasteiger partial charge is 0.350 e. The lowest BCUT2D eigenvalue weighted by molar-refractivity contribution is 0.0943.